The first kappa shape index (κ1) is 43.3. The predicted molar refractivity (Wildman–Crippen MR) is 236 cm³/mol. The fraction of sp³-hybridized carbons (Fsp3) is 0.894. The summed E-state index contributed by atoms with van der Waals surface area (Å²) in [4.78, 5) is 15.2. The lowest BCUT2D eigenvalue weighted by Crippen LogP contribution is -2.29. The molecule has 1 nitrogen and oxygen atoms in total. The standard InChI is InChI=1S/C47H80I2O/c1-3-39(35-33-37-25-19-15-11-7-5-8-12-16-20-26-37)45(48)43(41-29-23-30-41)47(50)44(42-31-24-32-42)46(49)40(4-2)36-34-38-27-21-17-13-9-6-10-14-18-22-28-38/h37-42H,3-36H2,1-2H3. The predicted octanol–water partition coefficient (Wildman–Crippen LogP) is 17.0. The van der Waals surface area contributed by atoms with Crippen molar-refractivity contribution in [2.45, 2.75) is 232 Å². The van der Waals surface area contributed by atoms with E-state index in [2.05, 4.69) is 59.0 Å². The number of carbonyl (C=O) groups is 1. The molecule has 288 valence electrons. The van der Waals surface area contributed by atoms with Crippen LogP contribution in [0.3, 0.4) is 0 Å². The molecule has 50 heavy (non-hydrogen) atoms. The highest BCUT2D eigenvalue weighted by molar-refractivity contribution is 14.1. The average Bonchev–Trinajstić information content (AvgIpc) is 3.06. The van der Waals surface area contributed by atoms with Crippen molar-refractivity contribution in [3.63, 3.8) is 0 Å². The minimum absolute atomic E-state index is 0.514. The van der Waals surface area contributed by atoms with Crippen LogP contribution in [0.2, 0.25) is 0 Å². The molecule has 4 rings (SSSR count). The highest BCUT2D eigenvalue weighted by Crippen LogP contribution is 2.47. The van der Waals surface area contributed by atoms with E-state index in [0.29, 0.717) is 29.5 Å². The summed E-state index contributed by atoms with van der Waals surface area (Å²) in [6.07, 6.45) is 47.1. The van der Waals surface area contributed by atoms with Gasteiger partial charge in [-0.15, -0.1) is 0 Å². The first-order valence-electron chi connectivity index (χ1n) is 22.9. The van der Waals surface area contributed by atoms with E-state index in [0.717, 1.165) is 11.8 Å². The molecule has 0 aromatic carbocycles. The third-order valence-corrected chi connectivity index (χ3v) is 17.0. The second kappa shape index (κ2) is 25.6. The Balaban J connectivity index is 1.48. The van der Waals surface area contributed by atoms with Crippen molar-refractivity contribution in [3.8, 4) is 0 Å². The largest absolute Gasteiger partial charge is 0.289 e. The Hall–Kier alpha value is 0.610. The van der Waals surface area contributed by atoms with Crippen molar-refractivity contribution in [2.24, 2.45) is 35.5 Å². The monoisotopic (exact) mass is 914 g/mol. The van der Waals surface area contributed by atoms with Crippen molar-refractivity contribution in [2.75, 3.05) is 0 Å². The minimum atomic E-state index is 0.514. The van der Waals surface area contributed by atoms with Crippen LogP contribution in [0.1, 0.15) is 232 Å². The van der Waals surface area contributed by atoms with Gasteiger partial charge in [0.25, 0.3) is 0 Å². The van der Waals surface area contributed by atoms with Crippen molar-refractivity contribution in [3.05, 3.63) is 18.3 Å². The Morgan fingerprint density at radius 1 is 0.440 bits per heavy atom. The molecule has 4 aliphatic rings. The summed E-state index contributed by atoms with van der Waals surface area (Å²) >= 11 is 5.43. The molecular weight excluding hydrogens is 834 g/mol. The molecule has 0 radical (unpaired) electrons. The van der Waals surface area contributed by atoms with Crippen LogP contribution < -0.4 is 0 Å². The molecular formula is C47H80I2O. The van der Waals surface area contributed by atoms with Gasteiger partial charge in [0, 0.05) is 18.3 Å². The lowest BCUT2D eigenvalue weighted by molar-refractivity contribution is -0.113. The third kappa shape index (κ3) is 14.7. The van der Waals surface area contributed by atoms with E-state index in [1.807, 2.05) is 0 Å². The highest BCUT2D eigenvalue weighted by Gasteiger charge is 2.38. The molecule has 0 aromatic rings. The van der Waals surface area contributed by atoms with Gasteiger partial charge < -0.3 is 0 Å². The van der Waals surface area contributed by atoms with Gasteiger partial charge in [-0.3, -0.25) is 4.79 Å². The number of hydrogen-bond donors (Lipinski definition) is 0. The molecule has 0 spiro atoms. The summed E-state index contributed by atoms with van der Waals surface area (Å²) < 4.78 is 2.96. The molecule has 0 aromatic heterocycles. The summed E-state index contributed by atoms with van der Waals surface area (Å²) in [5.74, 6) is 4.48. The van der Waals surface area contributed by atoms with Gasteiger partial charge in [0.05, 0.1) is 0 Å². The number of Topliss-reactive ketones (excluding diaryl/α,β-unsaturated/α-hetero) is 1. The quantitative estimate of drug-likeness (QED) is 0.125. The van der Waals surface area contributed by atoms with Crippen LogP contribution in [0.15, 0.2) is 18.3 Å². The SMILES string of the molecule is CCC(CCC1CCCCCCCCCCC1)C(I)=C(C(=O)C(=C(I)C(CC)CCC1CCCCCCCCCCC1)C1CCC1)C1CCC1. The zero-order chi connectivity index (χ0) is 35.4. The van der Waals surface area contributed by atoms with Crippen molar-refractivity contribution in [1.82, 2.24) is 0 Å². The first-order chi connectivity index (χ1) is 24.5. The van der Waals surface area contributed by atoms with Crippen molar-refractivity contribution in [1.29, 1.82) is 0 Å². The second-order valence-corrected chi connectivity index (χ2v) is 20.0. The molecule has 4 fully saturated rings. The third-order valence-electron chi connectivity index (χ3n) is 14.0. The lowest BCUT2D eigenvalue weighted by Gasteiger charge is -2.36. The number of ketones is 1. The topological polar surface area (TPSA) is 17.1 Å². The van der Waals surface area contributed by atoms with Crippen molar-refractivity contribution >= 4 is 51.0 Å². The Kier molecular flexibility index (Phi) is 22.2. The molecule has 0 heterocycles. The van der Waals surface area contributed by atoms with E-state index in [-0.39, 0.29) is 0 Å². The van der Waals surface area contributed by atoms with Gasteiger partial charge in [-0.05, 0) is 145 Å². The van der Waals surface area contributed by atoms with Crippen LogP contribution in [0.5, 0.6) is 0 Å². The van der Waals surface area contributed by atoms with E-state index >= 15 is 4.79 Å². The maximum atomic E-state index is 15.2. The molecule has 4 aliphatic carbocycles. The summed E-state index contributed by atoms with van der Waals surface area (Å²) in [6.45, 7) is 4.82. The number of halogens is 2. The fourth-order valence-electron chi connectivity index (χ4n) is 9.92. The summed E-state index contributed by atoms with van der Waals surface area (Å²) in [5.41, 5.74) is 2.60. The van der Waals surface area contributed by atoms with Crippen LogP contribution in [-0.4, -0.2) is 5.78 Å². The van der Waals surface area contributed by atoms with E-state index in [9.17, 15) is 0 Å². The van der Waals surface area contributed by atoms with Gasteiger partial charge in [-0.2, -0.15) is 0 Å². The fourth-order valence-corrected chi connectivity index (χ4v) is 12.8. The zero-order valence-corrected chi connectivity index (χ0v) is 37.5. The number of hydrogen-bond acceptors (Lipinski definition) is 1. The van der Waals surface area contributed by atoms with Crippen LogP contribution >= 0.6 is 45.2 Å². The Morgan fingerprint density at radius 2 is 0.720 bits per heavy atom. The first-order valence-corrected chi connectivity index (χ1v) is 25.0. The maximum Gasteiger partial charge on any atom is 0.187 e. The van der Waals surface area contributed by atoms with Gasteiger partial charge in [0.1, 0.15) is 0 Å². The Morgan fingerprint density at radius 3 is 0.960 bits per heavy atom. The zero-order valence-electron chi connectivity index (χ0n) is 33.2. The van der Waals surface area contributed by atoms with E-state index < -0.39 is 0 Å². The normalized spacial score (nSPS) is 24.9. The van der Waals surface area contributed by atoms with Crippen LogP contribution in [-0.2, 0) is 4.79 Å². The maximum absolute atomic E-state index is 15.2. The summed E-state index contributed by atoms with van der Waals surface area (Å²) in [5, 5.41) is 0. The van der Waals surface area contributed by atoms with Crippen LogP contribution in [0, 0.1) is 35.5 Å². The highest BCUT2D eigenvalue weighted by atomic mass is 127. The van der Waals surface area contributed by atoms with Gasteiger partial charge in [0.2, 0.25) is 0 Å². The van der Waals surface area contributed by atoms with Crippen LogP contribution in [0.25, 0.3) is 0 Å². The molecule has 0 amide bonds. The number of carbonyl (C=O) groups excluding carboxylic acids is 1. The van der Waals surface area contributed by atoms with Gasteiger partial charge >= 0.3 is 0 Å². The minimum Gasteiger partial charge on any atom is -0.289 e. The molecule has 0 aliphatic heterocycles. The van der Waals surface area contributed by atoms with Crippen LogP contribution in [0.4, 0.5) is 0 Å². The molecule has 3 heteroatoms. The summed E-state index contributed by atoms with van der Waals surface area (Å²) in [7, 11) is 0. The molecule has 2 unspecified atom stereocenters. The molecule has 0 bridgehead atoms. The molecule has 0 N–H and O–H groups in total. The second-order valence-electron chi connectivity index (χ2n) is 17.7. The Labute approximate surface area is 339 Å². The molecule has 4 saturated carbocycles. The van der Waals surface area contributed by atoms with Gasteiger partial charge in [-0.1, -0.05) is 168 Å². The number of rotatable bonds is 14. The molecule has 0 saturated heterocycles. The van der Waals surface area contributed by atoms with Crippen molar-refractivity contribution < 1.29 is 4.79 Å². The smallest absolute Gasteiger partial charge is 0.187 e. The lowest BCUT2D eigenvalue weighted by atomic mass is 9.70. The number of allylic oxidation sites excluding steroid dienone is 4. The average molecular weight is 915 g/mol. The summed E-state index contributed by atoms with van der Waals surface area (Å²) in [6, 6.07) is 0. The Bertz CT molecular complexity index is 901. The van der Waals surface area contributed by atoms with Gasteiger partial charge in [-0.25, -0.2) is 0 Å². The van der Waals surface area contributed by atoms with E-state index in [1.165, 1.54) is 237 Å². The van der Waals surface area contributed by atoms with Gasteiger partial charge in [0.15, 0.2) is 5.78 Å². The van der Waals surface area contributed by atoms with E-state index in [4.69, 9.17) is 0 Å². The van der Waals surface area contributed by atoms with E-state index in [1.54, 1.807) is 0 Å². The molecule has 2 atom stereocenters.